The molecule has 2 aliphatic rings. The Morgan fingerprint density at radius 2 is 2.23 bits per heavy atom. The molecule has 0 unspecified atom stereocenters. The van der Waals surface area contributed by atoms with Gasteiger partial charge < -0.3 is 9.84 Å². The molecule has 1 N–H and O–H groups in total. The number of carbonyl (C=O) groups excluding carboxylic acids is 1. The second-order valence-corrected chi connectivity index (χ2v) is 6.51. The molecule has 1 saturated carbocycles. The van der Waals surface area contributed by atoms with Gasteiger partial charge in [-0.3, -0.25) is 4.79 Å². The maximum atomic E-state index is 12.6. The van der Waals surface area contributed by atoms with Gasteiger partial charge in [0.1, 0.15) is 0 Å². The van der Waals surface area contributed by atoms with Crippen LogP contribution in [0.3, 0.4) is 0 Å². The van der Waals surface area contributed by atoms with Crippen molar-refractivity contribution < 1.29 is 9.32 Å². The van der Waals surface area contributed by atoms with Crippen molar-refractivity contribution in [3.8, 4) is 0 Å². The molecule has 114 valence electrons. The minimum atomic E-state index is -0.0615. The lowest BCUT2D eigenvalue weighted by atomic mass is 9.93. The SMILES string of the molecule is Cc1cc(C(=O)NC[C@H]2C[C@@H]3C=C[C@H]2C3)c2c(C)noc2n1. The second-order valence-electron chi connectivity index (χ2n) is 6.51. The summed E-state index contributed by atoms with van der Waals surface area (Å²) in [6.07, 6.45) is 7.08. The van der Waals surface area contributed by atoms with Crippen molar-refractivity contribution in [3.63, 3.8) is 0 Å². The Bertz CT molecular complexity index is 778. The number of amides is 1. The molecule has 2 heterocycles. The predicted octanol–water partition coefficient (Wildman–Crippen LogP) is 2.78. The van der Waals surface area contributed by atoms with Crippen LogP contribution in [0, 0.1) is 31.6 Å². The summed E-state index contributed by atoms with van der Waals surface area (Å²) >= 11 is 0. The van der Waals surface area contributed by atoms with Gasteiger partial charge in [-0.05, 0) is 50.5 Å². The number of carbonyl (C=O) groups is 1. The van der Waals surface area contributed by atoms with Crippen LogP contribution < -0.4 is 5.32 Å². The Kier molecular flexibility index (Phi) is 3.03. The number of allylic oxidation sites excluding steroid dienone is 2. The van der Waals surface area contributed by atoms with Gasteiger partial charge in [0.05, 0.1) is 16.6 Å². The van der Waals surface area contributed by atoms with Crippen molar-refractivity contribution in [1.82, 2.24) is 15.5 Å². The van der Waals surface area contributed by atoms with Crippen molar-refractivity contribution >= 4 is 17.0 Å². The number of rotatable bonds is 3. The Morgan fingerprint density at radius 1 is 1.36 bits per heavy atom. The lowest BCUT2D eigenvalue weighted by Crippen LogP contribution is -2.31. The summed E-state index contributed by atoms with van der Waals surface area (Å²) in [4.78, 5) is 16.9. The molecule has 2 bridgehead atoms. The van der Waals surface area contributed by atoms with E-state index in [0.717, 1.165) is 23.5 Å². The fraction of sp³-hybridized carbons (Fsp3) is 0.471. The van der Waals surface area contributed by atoms with E-state index in [1.165, 1.54) is 12.8 Å². The summed E-state index contributed by atoms with van der Waals surface area (Å²) in [5.41, 5.74) is 2.51. The Hall–Kier alpha value is -2.17. The minimum Gasteiger partial charge on any atom is -0.352 e. The third kappa shape index (κ3) is 2.12. The molecular formula is C17H19N3O2. The number of aromatic nitrogens is 2. The van der Waals surface area contributed by atoms with Crippen LogP contribution in [0.1, 0.15) is 34.6 Å². The van der Waals surface area contributed by atoms with Gasteiger partial charge in [0, 0.05) is 12.2 Å². The number of aryl methyl sites for hydroxylation is 2. The van der Waals surface area contributed by atoms with Gasteiger partial charge >= 0.3 is 0 Å². The van der Waals surface area contributed by atoms with E-state index >= 15 is 0 Å². The number of nitrogens with one attached hydrogen (secondary N) is 1. The highest BCUT2D eigenvalue weighted by Gasteiger charge is 2.35. The van der Waals surface area contributed by atoms with Crippen molar-refractivity contribution in [3.05, 3.63) is 35.2 Å². The van der Waals surface area contributed by atoms with Gasteiger partial charge in [-0.1, -0.05) is 17.3 Å². The second kappa shape index (κ2) is 4.93. The van der Waals surface area contributed by atoms with Gasteiger partial charge in [0.2, 0.25) is 0 Å². The zero-order valence-electron chi connectivity index (χ0n) is 12.8. The van der Waals surface area contributed by atoms with Crippen LogP contribution in [-0.2, 0) is 0 Å². The van der Waals surface area contributed by atoms with E-state index in [4.69, 9.17) is 4.52 Å². The molecule has 0 aliphatic heterocycles. The topological polar surface area (TPSA) is 68.0 Å². The highest BCUT2D eigenvalue weighted by Crippen LogP contribution is 2.43. The van der Waals surface area contributed by atoms with Crippen LogP contribution >= 0.6 is 0 Å². The van der Waals surface area contributed by atoms with Gasteiger partial charge in [-0.25, -0.2) is 4.98 Å². The lowest BCUT2D eigenvalue weighted by molar-refractivity contribution is 0.0946. The number of hydrogen-bond donors (Lipinski definition) is 1. The fourth-order valence-corrected chi connectivity index (χ4v) is 3.85. The monoisotopic (exact) mass is 297 g/mol. The molecule has 5 heteroatoms. The maximum Gasteiger partial charge on any atom is 0.258 e. The minimum absolute atomic E-state index is 0.0615. The first-order valence-corrected chi connectivity index (χ1v) is 7.82. The van der Waals surface area contributed by atoms with Crippen molar-refractivity contribution in [2.75, 3.05) is 6.54 Å². The Balaban J connectivity index is 1.55. The summed E-state index contributed by atoms with van der Waals surface area (Å²) < 4.78 is 5.19. The summed E-state index contributed by atoms with van der Waals surface area (Å²) in [5, 5.41) is 7.73. The average molecular weight is 297 g/mol. The van der Waals surface area contributed by atoms with Crippen LogP contribution in [0.2, 0.25) is 0 Å². The molecule has 0 aromatic carbocycles. The van der Waals surface area contributed by atoms with Crippen LogP contribution in [-0.4, -0.2) is 22.6 Å². The molecule has 2 aromatic heterocycles. The van der Waals surface area contributed by atoms with Gasteiger partial charge in [0.15, 0.2) is 0 Å². The largest absolute Gasteiger partial charge is 0.352 e. The Labute approximate surface area is 128 Å². The first-order valence-electron chi connectivity index (χ1n) is 7.82. The van der Waals surface area contributed by atoms with Crippen molar-refractivity contribution in [2.45, 2.75) is 26.7 Å². The zero-order valence-corrected chi connectivity index (χ0v) is 12.8. The molecule has 0 saturated heterocycles. The van der Waals surface area contributed by atoms with Crippen LogP contribution in [0.4, 0.5) is 0 Å². The van der Waals surface area contributed by atoms with Crippen LogP contribution in [0.5, 0.6) is 0 Å². The van der Waals surface area contributed by atoms with E-state index in [-0.39, 0.29) is 5.91 Å². The molecule has 4 rings (SSSR count). The van der Waals surface area contributed by atoms with E-state index in [1.54, 1.807) is 0 Å². The molecule has 22 heavy (non-hydrogen) atoms. The van der Waals surface area contributed by atoms with E-state index in [2.05, 4.69) is 27.6 Å². The first kappa shape index (κ1) is 13.5. The van der Waals surface area contributed by atoms with Gasteiger partial charge in [0.25, 0.3) is 11.6 Å². The standard InChI is InChI=1S/C17H19N3O2/c1-9-5-14(15-10(2)20-22-17(15)19-9)16(21)18-8-13-7-11-3-4-12(13)6-11/h3-5,11-13H,6-8H2,1-2H3,(H,18,21)/t11-,12+,13-/m1/s1. The highest BCUT2D eigenvalue weighted by atomic mass is 16.5. The molecule has 1 amide bonds. The third-order valence-electron chi connectivity index (χ3n) is 4.93. The maximum absolute atomic E-state index is 12.6. The zero-order chi connectivity index (χ0) is 15.3. The van der Waals surface area contributed by atoms with Crippen LogP contribution in [0.15, 0.2) is 22.7 Å². The number of nitrogens with zero attached hydrogens (tertiary/aromatic N) is 2. The van der Waals surface area contributed by atoms with Gasteiger partial charge in [-0.2, -0.15) is 0 Å². The highest BCUT2D eigenvalue weighted by molar-refractivity contribution is 6.06. The molecule has 5 nitrogen and oxygen atoms in total. The van der Waals surface area contributed by atoms with Crippen molar-refractivity contribution in [2.24, 2.45) is 17.8 Å². The summed E-state index contributed by atoms with van der Waals surface area (Å²) in [5.74, 6) is 1.87. The summed E-state index contributed by atoms with van der Waals surface area (Å²) in [6.45, 7) is 4.42. The fourth-order valence-electron chi connectivity index (χ4n) is 3.85. The third-order valence-corrected chi connectivity index (χ3v) is 4.93. The lowest BCUT2D eigenvalue weighted by Gasteiger charge is -2.18. The molecule has 1 fully saturated rings. The Morgan fingerprint density at radius 3 is 2.95 bits per heavy atom. The quantitative estimate of drug-likeness (QED) is 0.885. The molecule has 0 spiro atoms. The van der Waals surface area contributed by atoms with E-state index in [0.29, 0.717) is 28.8 Å². The number of hydrogen-bond acceptors (Lipinski definition) is 4. The summed E-state index contributed by atoms with van der Waals surface area (Å²) in [7, 11) is 0. The smallest absolute Gasteiger partial charge is 0.258 e. The van der Waals surface area contributed by atoms with E-state index < -0.39 is 0 Å². The molecule has 3 atom stereocenters. The molecule has 2 aromatic rings. The normalized spacial score (nSPS) is 26.0. The summed E-state index contributed by atoms with van der Waals surface area (Å²) in [6, 6.07) is 1.81. The predicted molar refractivity (Wildman–Crippen MR) is 82.5 cm³/mol. The van der Waals surface area contributed by atoms with Crippen molar-refractivity contribution in [1.29, 1.82) is 0 Å². The van der Waals surface area contributed by atoms with E-state index in [1.807, 2.05) is 19.9 Å². The number of fused-ring (bicyclic) bond motifs is 3. The molecular weight excluding hydrogens is 278 g/mol. The molecule has 0 radical (unpaired) electrons. The van der Waals surface area contributed by atoms with Gasteiger partial charge in [-0.15, -0.1) is 0 Å². The average Bonchev–Trinajstić information content (AvgIpc) is 3.20. The number of pyridine rings is 1. The van der Waals surface area contributed by atoms with E-state index in [9.17, 15) is 4.79 Å². The molecule has 2 aliphatic carbocycles. The first-order chi connectivity index (χ1) is 10.6. The van der Waals surface area contributed by atoms with Crippen LogP contribution in [0.25, 0.3) is 11.1 Å².